The molecule has 1 aromatic carbocycles. The lowest BCUT2D eigenvalue weighted by Gasteiger charge is -2.13. The molecule has 0 saturated heterocycles. The van der Waals surface area contributed by atoms with Crippen LogP contribution >= 0.6 is 23.2 Å². The van der Waals surface area contributed by atoms with E-state index in [0.29, 0.717) is 16.7 Å². The van der Waals surface area contributed by atoms with Crippen LogP contribution in [0.5, 0.6) is 5.75 Å². The summed E-state index contributed by atoms with van der Waals surface area (Å²) >= 11 is 12.4. The number of nitrogens with one attached hydrogen (secondary N) is 1. The van der Waals surface area contributed by atoms with Crippen molar-refractivity contribution < 1.29 is 4.74 Å². The van der Waals surface area contributed by atoms with Crippen molar-refractivity contribution in [1.29, 1.82) is 0 Å². The van der Waals surface area contributed by atoms with Crippen LogP contribution in [0.3, 0.4) is 0 Å². The number of hydrogen-bond acceptors (Lipinski definition) is 2. The molecule has 0 aliphatic heterocycles. The maximum atomic E-state index is 6.26. The highest BCUT2D eigenvalue weighted by molar-refractivity contribution is 6.34. The number of aryl methyl sites for hydroxylation is 1. The van der Waals surface area contributed by atoms with Crippen LogP contribution in [0.15, 0.2) is 12.1 Å². The molecule has 1 rings (SSSR count). The summed E-state index contributed by atoms with van der Waals surface area (Å²) in [6, 6.07) is 3.72. The van der Waals surface area contributed by atoms with E-state index in [2.05, 4.69) is 19.2 Å². The van der Waals surface area contributed by atoms with Crippen LogP contribution in [0.25, 0.3) is 0 Å². The monoisotopic (exact) mass is 317 g/mol. The predicted octanol–water partition coefficient (Wildman–Crippen LogP) is 4.96. The van der Waals surface area contributed by atoms with Gasteiger partial charge in [-0.2, -0.15) is 0 Å². The third-order valence-corrected chi connectivity index (χ3v) is 4.12. The van der Waals surface area contributed by atoms with Crippen molar-refractivity contribution >= 4 is 23.2 Å². The van der Waals surface area contributed by atoms with Crippen LogP contribution in [-0.4, -0.2) is 20.2 Å². The topological polar surface area (TPSA) is 21.3 Å². The third-order valence-electron chi connectivity index (χ3n) is 3.47. The second-order valence-corrected chi connectivity index (χ2v) is 6.08. The summed E-state index contributed by atoms with van der Waals surface area (Å²) < 4.78 is 5.16. The average Bonchev–Trinajstić information content (AvgIpc) is 2.44. The summed E-state index contributed by atoms with van der Waals surface area (Å²) in [7, 11) is 1.60. The normalized spacial score (nSPS) is 12.4. The highest BCUT2D eigenvalue weighted by Gasteiger charge is 2.09. The Kier molecular flexibility index (Phi) is 8.35. The summed E-state index contributed by atoms with van der Waals surface area (Å²) in [5, 5.41) is 4.80. The highest BCUT2D eigenvalue weighted by atomic mass is 35.5. The van der Waals surface area contributed by atoms with E-state index in [0.717, 1.165) is 36.5 Å². The lowest BCUT2D eigenvalue weighted by molar-refractivity contribution is 0.414. The third kappa shape index (κ3) is 5.90. The first kappa shape index (κ1) is 17.6. The molecule has 0 spiro atoms. The number of halogens is 2. The van der Waals surface area contributed by atoms with Gasteiger partial charge in [-0.1, -0.05) is 37.0 Å². The van der Waals surface area contributed by atoms with Gasteiger partial charge in [-0.25, -0.2) is 0 Å². The molecule has 0 bridgehead atoms. The largest absolute Gasteiger partial charge is 0.495 e. The van der Waals surface area contributed by atoms with Gasteiger partial charge in [-0.3, -0.25) is 0 Å². The summed E-state index contributed by atoms with van der Waals surface area (Å²) in [5.74, 6) is 1.31. The molecule has 1 unspecified atom stereocenters. The number of hydrogen-bond donors (Lipinski definition) is 1. The molecule has 2 nitrogen and oxygen atoms in total. The van der Waals surface area contributed by atoms with Gasteiger partial charge in [0.25, 0.3) is 0 Å². The van der Waals surface area contributed by atoms with E-state index in [9.17, 15) is 0 Å². The van der Waals surface area contributed by atoms with Gasteiger partial charge < -0.3 is 10.1 Å². The SMILES string of the molecule is CCCNCCC(C)CCc1cc(Cl)c(OC)cc1Cl. The Morgan fingerprint density at radius 3 is 2.55 bits per heavy atom. The quantitative estimate of drug-likeness (QED) is 0.650. The Balaban J connectivity index is 2.43. The zero-order valence-corrected chi connectivity index (χ0v) is 14.2. The Bertz CT molecular complexity index is 410. The standard InChI is InChI=1S/C16H25Cl2NO/c1-4-8-19-9-7-12(2)5-6-13-10-15(18)16(20-3)11-14(13)17/h10-12,19H,4-9H2,1-3H3. The maximum absolute atomic E-state index is 6.26. The fraction of sp³-hybridized carbons (Fsp3) is 0.625. The molecule has 0 aliphatic rings. The second kappa shape index (κ2) is 9.49. The molecule has 0 heterocycles. The number of methoxy groups -OCH3 is 1. The van der Waals surface area contributed by atoms with Crippen LogP contribution < -0.4 is 10.1 Å². The molecule has 0 fully saturated rings. The van der Waals surface area contributed by atoms with Gasteiger partial charge in [0, 0.05) is 11.1 Å². The van der Waals surface area contributed by atoms with E-state index in [1.165, 1.54) is 12.8 Å². The lowest BCUT2D eigenvalue weighted by Crippen LogP contribution is -2.18. The van der Waals surface area contributed by atoms with E-state index in [4.69, 9.17) is 27.9 Å². The van der Waals surface area contributed by atoms with Gasteiger partial charge in [0.2, 0.25) is 0 Å². The van der Waals surface area contributed by atoms with E-state index < -0.39 is 0 Å². The van der Waals surface area contributed by atoms with Crippen molar-refractivity contribution in [1.82, 2.24) is 5.32 Å². The Morgan fingerprint density at radius 2 is 1.90 bits per heavy atom. The van der Waals surface area contributed by atoms with Crippen LogP contribution in [0.4, 0.5) is 0 Å². The van der Waals surface area contributed by atoms with Crippen molar-refractivity contribution in [2.75, 3.05) is 20.2 Å². The van der Waals surface area contributed by atoms with Gasteiger partial charge in [0.05, 0.1) is 12.1 Å². The summed E-state index contributed by atoms with van der Waals surface area (Å²) in [6.07, 6.45) is 4.46. The van der Waals surface area contributed by atoms with E-state index >= 15 is 0 Å². The average molecular weight is 318 g/mol. The predicted molar refractivity (Wildman–Crippen MR) is 88.3 cm³/mol. The molecular weight excluding hydrogens is 293 g/mol. The number of ether oxygens (including phenoxy) is 1. The first-order chi connectivity index (χ1) is 9.58. The van der Waals surface area contributed by atoms with Crippen LogP contribution in [0.2, 0.25) is 10.0 Å². The molecular formula is C16H25Cl2NO. The molecule has 1 N–H and O–H groups in total. The van der Waals surface area contributed by atoms with Gasteiger partial charge in [0.1, 0.15) is 5.75 Å². The van der Waals surface area contributed by atoms with Crippen LogP contribution in [-0.2, 0) is 6.42 Å². The van der Waals surface area contributed by atoms with Crippen molar-refractivity contribution in [2.24, 2.45) is 5.92 Å². The number of rotatable bonds is 9. The highest BCUT2D eigenvalue weighted by Crippen LogP contribution is 2.32. The first-order valence-corrected chi connectivity index (χ1v) is 8.06. The van der Waals surface area contributed by atoms with Gasteiger partial charge in [-0.15, -0.1) is 0 Å². The second-order valence-electron chi connectivity index (χ2n) is 5.26. The van der Waals surface area contributed by atoms with Gasteiger partial charge in [0.15, 0.2) is 0 Å². The fourth-order valence-electron chi connectivity index (χ4n) is 2.11. The molecule has 1 atom stereocenters. The number of benzene rings is 1. The fourth-order valence-corrected chi connectivity index (χ4v) is 2.63. The van der Waals surface area contributed by atoms with E-state index in [1.807, 2.05) is 6.07 Å². The Morgan fingerprint density at radius 1 is 1.15 bits per heavy atom. The molecule has 0 saturated carbocycles. The van der Waals surface area contributed by atoms with Crippen LogP contribution in [0.1, 0.15) is 38.7 Å². The van der Waals surface area contributed by atoms with Crippen molar-refractivity contribution in [3.05, 3.63) is 27.7 Å². The minimum Gasteiger partial charge on any atom is -0.495 e. The van der Waals surface area contributed by atoms with Crippen LogP contribution in [0, 0.1) is 5.92 Å². The van der Waals surface area contributed by atoms with E-state index in [1.54, 1.807) is 13.2 Å². The first-order valence-electron chi connectivity index (χ1n) is 7.31. The smallest absolute Gasteiger partial charge is 0.138 e. The van der Waals surface area contributed by atoms with Gasteiger partial charge >= 0.3 is 0 Å². The molecule has 20 heavy (non-hydrogen) atoms. The Hall–Kier alpha value is -0.440. The molecule has 0 aromatic heterocycles. The molecule has 0 aliphatic carbocycles. The maximum Gasteiger partial charge on any atom is 0.138 e. The minimum atomic E-state index is 0.629. The van der Waals surface area contributed by atoms with Crippen molar-refractivity contribution in [2.45, 2.75) is 39.5 Å². The van der Waals surface area contributed by atoms with Gasteiger partial charge in [-0.05, 0) is 56.3 Å². The summed E-state index contributed by atoms with van der Waals surface area (Å²) in [4.78, 5) is 0. The molecule has 0 radical (unpaired) electrons. The molecule has 114 valence electrons. The summed E-state index contributed by atoms with van der Waals surface area (Å²) in [5.41, 5.74) is 1.10. The lowest BCUT2D eigenvalue weighted by atomic mass is 9.98. The summed E-state index contributed by atoms with van der Waals surface area (Å²) in [6.45, 7) is 6.66. The molecule has 0 amide bonds. The van der Waals surface area contributed by atoms with Crippen molar-refractivity contribution in [3.8, 4) is 5.75 Å². The van der Waals surface area contributed by atoms with E-state index in [-0.39, 0.29) is 0 Å². The van der Waals surface area contributed by atoms with Crippen molar-refractivity contribution in [3.63, 3.8) is 0 Å². The minimum absolute atomic E-state index is 0.629. The molecule has 1 aromatic rings. The zero-order valence-electron chi connectivity index (χ0n) is 12.6. The Labute approximate surface area is 132 Å². The zero-order chi connectivity index (χ0) is 15.0. The molecule has 4 heteroatoms.